The molecule has 210 valence electrons. The van der Waals surface area contributed by atoms with Crippen molar-refractivity contribution in [3.8, 4) is 11.5 Å². The first-order chi connectivity index (χ1) is 18.7. The second kappa shape index (κ2) is 14.7. The zero-order valence-corrected chi connectivity index (χ0v) is 25.0. The number of thiophene rings is 1. The Bertz CT molecular complexity index is 1220. The highest BCUT2D eigenvalue weighted by atomic mass is 32.1. The highest BCUT2D eigenvalue weighted by Crippen LogP contribution is 2.28. The standard InChI is InChI=1S/C32H42N2O4S/c1-7-8-9-25-11-14-27(15-12-25)32(36)34(23(2)3)22-31(35)33(21-28-16-10-24(4)39-28)19-18-26-13-17-29(37-5)30(20-26)38-6/h10-17,20,23H,7-9,18-19,21-22H2,1-6H3. The van der Waals surface area contributed by atoms with Gasteiger partial charge in [-0.15, -0.1) is 11.3 Å². The molecule has 0 aliphatic heterocycles. The third kappa shape index (κ3) is 8.59. The van der Waals surface area contributed by atoms with E-state index in [1.807, 2.05) is 61.2 Å². The van der Waals surface area contributed by atoms with Gasteiger partial charge in [-0.2, -0.15) is 0 Å². The van der Waals surface area contributed by atoms with Crippen LogP contribution in [0.4, 0.5) is 0 Å². The number of hydrogen-bond donors (Lipinski definition) is 0. The molecule has 3 rings (SSSR count). The predicted octanol–water partition coefficient (Wildman–Crippen LogP) is 6.54. The molecule has 2 aromatic carbocycles. The summed E-state index contributed by atoms with van der Waals surface area (Å²) < 4.78 is 10.8. The normalized spacial score (nSPS) is 10.9. The van der Waals surface area contributed by atoms with E-state index in [9.17, 15) is 9.59 Å². The molecule has 39 heavy (non-hydrogen) atoms. The Morgan fingerprint density at radius 2 is 1.59 bits per heavy atom. The third-order valence-corrected chi connectivity index (χ3v) is 7.81. The van der Waals surface area contributed by atoms with Crippen molar-refractivity contribution in [1.82, 2.24) is 9.80 Å². The van der Waals surface area contributed by atoms with Crippen molar-refractivity contribution in [3.05, 3.63) is 81.0 Å². The number of rotatable bonds is 14. The topological polar surface area (TPSA) is 59.1 Å². The second-order valence-corrected chi connectivity index (χ2v) is 11.5. The van der Waals surface area contributed by atoms with Crippen LogP contribution in [-0.2, 0) is 24.2 Å². The van der Waals surface area contributed by atoms with Gasteiger partial charge in [0.25, 0.3) is 5.91 Å². The minimum absolute atomic E-state index is 0.0321. The summed E-state index contributed by atoms with van der Waals surface area (Å²) in [6.07, 6.45) is 3.93. The Morgan fingerprint density at radius 3 is 2.18 bits per heavy atom. The lowest BCUT2D eigenvalue weighted by Crippen LogP contribution is -2.46. The summed E-state index contributed by atoms with van der Waals surface area (Å²) in [5.74, 6) is 1.15. The van der Waals surface area contributed by atoms with Gasteiger partial charge in [0.05, 0.1) is 20.8 Å². The van der Waals surface area contributed by atoms with Gasteiger partial charge in [-0.25, -0.2) is 0 Å². The fourth-order valence-corrected chi connectivity index (χ4v) is 5.35. The van der Waals surface area contributed by atoms with Crippen LogP contribution in [0.15, 0.2) is 54.6 Å². The molecule has 0 radical (unpaired) electrons. The lowest BCUT2D eigenvalue weighted by atomic mass is 10.1. The van der Waals surface area contributed by atoms with Crippen LogP contribution in [0.5, 0.6) is 11.5 Å². The minimum atomic E-state index is -0.118. The molecule has 0 spiro atoms. The van der Waals surface area contributed by atoms with Crippen LogP contribution in [0.25, 0.3) is 0 Å². The highest BCUT2D eigenvalue weighted by Gasteiger charge is 2.25. The van der Waals surface area contributed by atoms with Gasteiger partial charge in [-0.1, -0.05) is 31.5 Å². The van der Waals surface area contributed by atoms with Crippen LogP contribution >= 0.6 is 11.3 Å². The van der Waals surface area contributed by atoms with E-state index in [4.69, 9.17) is 9.47 Å². The predicted molar refractivity (Wildman–Crippen MR) is 159 cm³/mol. The maximum Gasteiger partial charge on any atom is 0.254 e. The Balaban J connectivity index is 1.76. The Hall–Kier alpha value is -3.32. The summed E-state index contributed by atoms with van der Waals surface area (Å²) >= 11 is 1.69. The summed E-state index contributed by atoms with van der Waals surface area (Å²) in [6, 6.07) is 17.7. The summed E-state index contributed by atoms with van der Waals surface area (Å²) in [7, 11) is 3.23. The number of amides is 2. The number of hydrogen-bond acceptors (Lipinski definition) is 5. The monoisotopic (exact) mass is 550 g/mol. The van der Waals surface area contributed by atoms with Crippen LogP contribution in [0.1, 0.15) is 64.9 Å². The second-order valence-electron chi connectivity index (χ2n) is 10.1. The maximum absolute atomic E-state index is 13.7. The third-order valence-electron chi connectivity index (χ3n) is 6.82. The number of benzene rings is 2. The average molecular weight is 551 g/mol. The zero-order valence-electron chi connectivity index (χ0n) is 24.2. The number of aryl methyl sites for hydroxylation is 2. The summed E-state index contributed by atoms with van der Waals surface area (Å²) in [4.78, 5) is 33.1. The number of carbonyl (C=O) groups excluding carboxylic acids is 2. The van der Waals surface area contributed by atoms with Crippen LogP contribution in [0, 0.1) is 6.92 Å². The van der Waals surface area contributed by atoms with Gasteiger partial charge in [0.1, 0.15) is 6.54 Å². The molecule has 0 bridgehead atoms. The van der Waals surface area contributed by atoms with Gasteiger partial charge in [-0.05, 0) is 87.6 Å². The summed E-state index contributed by atoms with van der Waals surface area (Å²) in [5, 5.41) is 0. The van der Waals surface area contributed by atoms with Gasteiger partial charge in [0.2, 0.25) is 5.91 Å². The quantitative estimate of drug-likeness (QED) is 0.229. The lowest BCUT2D eigenvalue weighted by molar-refractivity contribution is -0.132. The molecule has 0 aliphatic carbocycles. The Kier molecular flexibility index (Phi) is 11.4. The van der Waals surface area contributed by atoms with Crippen LogP contribution in [0.2, 0.25) is 0 Å². The van der Waals surface area contributed by atoms with E-state index < -0.39 is 0 Å². The smallest absolute Gasteiger partial charge is 0.254 e. The van der Waals surface area contributed by atoms with Crippen molar-refractivity contribution in [2.75, 3.05) is 27.3 Å². The molecule has 0 atom stereocenters. The van der Waals surface area contributed by atoms with Crippen molar-refractivity contribution < 1.29 is 19.1 Å². The van der Waals surface area contributed by atoms with E-state index in [1.165, 1.54) is 10.4 Å². The van der Waals surface area contributed by atoms with Crippen molar-refractivity contribution in [2.45, 2.75) is 66.0 Å². The van der Waals surface area contributed by atoms with Crippen molar-refractivity contribution in [1.29, 1.82) is 0 Å². The number of unbranched alkanes of at least 4 members (excludes halogenated alkanes) is 1. The molecule has 0 N–H and O–H groups in total. The van der Waals surface area contributed by atoms with Crippen LogP contribution in [0.3, 0.4) is 0 Å². The van der Waals surface area contributed by atoms with Gasteiger partial charge >= 0.3 is 0 Å². The van der Waals surface area contributed by atoms with Gasteiger partial charge in [0, 0.05) is 27.9 Å². The number of methoxy groups -OCH3 is 2. The first kappa shape index (κ1) is 30.2. The first-order valence-electron chi connectivity index (χ1n) is 13.7. The lowest BCUT2D eigenvalue weighted by Gasteiger charge is -2.30. The molecular weight excluding hydrogens is 508 g/mol. The number of nitrogens with zero attached hydrogens (tertiary/aromatic N) is 2. The van der Waals surface area contributed by atoms with E-state index in [2.05, 4.69) is 26.0 Å². The van der Waals surface area contributed by atoms with E-state index in [-0.39, 0.29) is 24.4 Å². The molecule has 6 nitrogen and oxygen atoms in total. The SMILES string of the molecule is CCCCc1ccc(C(=O)N(CC(=O)N(CCc2ccc(OC)c(OC)c2)Cc2ccc(C)s2)C(C)C)cc1. The molecule has 0 fully saturated rings. The molecule has 1 aromatic heterocycles. The molecule has 1 heterocycles. The molecule has 0 saturated carbocycles. The van der Waals surface area contributed by atoms with E-state index in [0.717, 1.165) is 29.7 Å². The number of ether oxygens (including phenoxy) is 2. The summed E-state index contributed by atoms with van der Waals surface area (Å²) in [6.45, 7) is 9.22. The van der Waals surface area contributed by atoms with E-state index in [0.29, 0.717) is 36.6 Å². The molecule has 2 amide bonds. The van der Waals surface area contributed by atoms with Crippen molar-refractivity contribution >= 4 is 23.2 Å². The van der Waals surface area contributed by atoms with Crippen molar-refractivity contribution in [2.24, 2.45) is 0 Å². The molecular formula is C32H42N2O4S. The molecule has 7 heteroatoms. The average Bonchev–Trinajstić information content (AvgIpc) is 3.36. The molecule has 3 aromatic rings. The van der Waals surface area contributed by atoms with Crippen LogP contribution < -0.4 is 9.47 Å². The van der Waals surface area contributed by atoms with Gasteiger partial charge in [-0.3, -0.25) is 9.59 Å². The first-order valence-corrected chi connectivity index (χ1v) is 14.5. The molecule has 0 aliphatic rings. The van der Waals surface area contributed by atoms with E-state index in [1.54, 1.807) is 30.5 Å². The zero-order chi connectivity index (χ0) is 28.4. The molecule has 0 saturated heterocycles. The fraction of sp³-hybridized carbons (Fsp3) is 0.438. The Labute approximate surface area is 237 Å². The van der Waals surface area contributed by atoms with Crippen molar-refractivity contribution in [3.63, 3.8) is 0 Å². The largest absolute Gasteiger partial charge is 0.493 e. The Morgan fingerprint density at radius 1 is 0.897 bits per heavy atom. The fourth-order valence-electron chi connectivity index (χ4n) is 4.45. The minimum Gasteiger partial charge on any atom is -0.493 e. The van der Waals surface area contributed by atoms with Crippen LogP contribution in [-0.4, -0.2) is 55.0 Å². The number of carbonyl (C=O) groups is 2. The highest BCUT2D eigenvalue weighted by molar-refractivity contribution is 7.11. The maximum atomic E-state index is 13.7. The summed E-state index contributed by atoms with van der Waals surface area (Å²) in [5.41, 5.74) is 2.89. The van der Waals surface area contributed by atoms with Gasteiger partial charge < -0.3 is 19.3 Å². The molecule has 0 unspecified atom stereocenters. The van der Waals surface area contributed by atoms with Gasteiger partial charge in [0.15, 0.2) is 11.5 Å². The van der Waals surface area contributed by atoms with E-state index >= 15 is 0 Å².